The van der Waals surface area contributed by atoms with E-state index in [1.54, 1.807) is 0 Å². The fourth-order valence-electron chi connectivity index (χ4n) is 9.62. The summed E-state index contributed by atoms with van der Waals surface area (Å²) in [5.74, 6) is 0. The van der Waals surface area contributed by atoms with Gasteiger partial charge < -0.3 is 4.90 Å². The number of nitrogens with zero attached hydrogens (tertiary/aromatic N) is 1. The minimum absolute atomic E-state index is 1.09. The lowest BCUT2D eigenvalue weighted by Crippen LogP contribution is -2.10. The standard InChI is InChI=1S/C62H41NS/c1-5-17-42(18-6-1)48-37-49(43-19-7-2-8-20-43)39-52(38-48)63(51-34-36-56-55-26-15-16-28-59(55)64-60(56)41-51)50-32-29-44(30-33-50)47-31-35-54-53-25-13-14-27-57(53)61(45-21-9-3-10-22-45)62(58(54)40-47)46-23-11-4-12-24-46/h1-41H. The van der Waals surface area contributed by atoms with E-state index in [0.717, 1.165) is 17.1 Å². The summed E-state index contributed by atoms with van der Waals surface area (Å²) in [5.41, 5.74) is 15.3. The van der Waals surface area contributed by atoms with Crippen molar-refractivity contribution in [1.82, 2.24) is 0 Å². The van der Waals surface area contributed by atoms with Gasteiger partial charge in [-0.2, -0.15) is 0 Å². The van der Waals surface area contributed by atoms with Gasteiger partial charge in [-0.25, -0.2) is 0 Å². The number of thiophene rings is 1. The molecule has 0 bridgehead atoms. The van der Waals surface area contributed by atoms with Crippen LogP contribution in [0.1, 0.15) is 0 Å². The van der Waals surface area contributed by atoms with Crippen molar-refractivity contribution in [3.8, 4) is 55.6 Å². The van der Waals surface area contributed by atoms with E-state index in [-0.39, 0.29) is 0 Å². The zero-order valence-corrected chi connectivity index (χ0v) is 35.8. The number of benzene rings is 11. The molecule has 64 heavy (non-hydrogen) atoms. The van der Waals surface area contributed by atoms with Gasteiger partial charge in [0, 0.05) is 37.2 Å². The van der Waals surface area contributed by atoms with Crippen LogP contribution in [-0.2, 0) is 0 Å². The minimum atomic E-state index is 1.09. The number of rotatable bonds is 8. The van der Waals surface area contributed by atoms with Gasteiger partial charge in [-0.1, -0.05) is 194 Å². The molecule has 0 aliphatic carbocycles. The van der Waals surface area contributed by atoms with E-state index >= 15 is 0 Å². The summed E-state index contributed by atoms with van der Waals surface area (Å²) in [6.45, 7) is 0. The van der Waals surface area contributed by atoms with Crippen molar-refractivity contribution in [2.75, 3.05) is 4.90 Å². The van der Waals surface area contributed by atoms with E-state index in [0.29, 0.717) is 0 Å². The first-order chi connectivity index (χ1) is 31.7. The van der Waals surface area contributed by atoms with Crippen molar-refractivity contribution in [3.05, 3.63) is 249 Å². The van der Waals surface area contributed by atoms with Gasteiger partial charge in [0.1, 0.15) is 0 Å². The van der Waals surface area contributed by atoms with Crippen LogP contribution in [0.3, 0.4) is 0 Å². The van der Waals surface area contributed by atoms with E-state index < -0.39 is 0 Å². The third-order valence-corrected chi connectivity index (χ3v) is 13.8. The summed E-state index contributed by atoms with van der Waals surface area (Å²) in [6.07, 6.45) is 0. The Hall–Kier alpha value is -8.04. The molecule has 0 saturated heterocycles. The first-order valence-corrected chi connectivity index (χ1v) is 22.7. The van der Waals surface area contributed by atoms with Crippen molar-refractivity contribution in [3.63, 3.8) is 0 Å². The van der Waals surface area contributed by atoms with Crippen LogP contribution in [0.15, 0.2) is 249 Å². The third kappa shape index (κ3) is 6.73. The molecular weight excluding hydrogens is 791 g/mol. The Morgan fingerprint density at radius 2 is 0.656 bits per heavy atom. The second-order valence-corrected chi connectivity index (χ2v) is 17.5. The molecule has 0 fully saturated rings. The maximum absolute atomic E-state index is 2.43. The zero-order chi connectivity index (χ0) is 42.4. The summed E-state index contributed by atoms with van der Waals surface area (Å²) in [6, 6.07) is 91.0. The third-order valence-electron chi connectivity index (χ3n) is 12.6. The van der Waals surface area contributed by atoms with E-state index in [9.17, 15) is 0 Å². The topological polar surface area (TPSA) is 3.24 Å². The lowest BCUT2D eigenvalue weighted by molar-refractivity contribution is 1.29. The Bertz CT molecular complexity index is 3570. The van der Waals surface area contributed by atoms with E-state index in [1.165, 1.54) is 97.4 Å². The highest BCUT2D eigenvalue weighted by atomic mass is 32.1. The Kier molecular flexibility index (Phi) is 9.43. The zero-order valence-electron chi connectivity index (χ0n) is 35.0. The Morgan fingerprint density at radius 3 is 1.28 bits per heavy atom. The van der Waals surface area contributed by atoms with Gasteiger partial charge in [-0.05, 0) is 132 Å². The number of anilines is 3. The molecule has 0 aliphatic heterocycles. The molecule has 0 amide bonds. The minimum Gasteiger partial charge on any atom is -0.310 e. The molecule has 11 aromatic carbocycles. The van der Waals surface area contributed by atoms with Crippen LogP contribution < -0.4 is 4.90 Å². The fourth-order valence-corrected chi connectivity index (χ4v) is 10.8. The van der Waals surface area contributed by atoms with Gasteiger partial charge in [-0.15, -0.1) is 11.3 Å². The number of hydrogen-bond acceptors (Lipinski definition) is 2. The van der Waals surface area contributed by atoms with E-state index in [1.807, 2.05) is 11.3 Å². The molecule has 1 heterocycles. The van der Waals surface area contributed by atoms with E-state index in [2.05, 4.69) is 254 Å². The Morgan fingerprint density at radius 1 is 0.219 bits per heavy atom. The predicted octanol–water partition coefficient (Wildman–Crippen LogP) is 18.2. The molecule has 12 rings (SSSR count). The van der Waals surface area contributed by atoms with Gasteiger partial charge in [0.2, 0.25) is 0 Å². The molecule has 0 saturated carbocycles. The maximum atomic E-state index is 2.43. The summed E-state index contributed by atoms with van der Waals surface area (Å²) in [5, 5.41) is 7.61. The second kappa shape index (κ2) is 16.0. The SMILES string of the molecule is c1ccc(-c2cc(-c3ccccc3)cc(N(c3ccc(-c4ccc5c(c4)c(-c4ccccc4)c(-c4ccccc4)c4ccccc45)cc3)c3ccc4c(c3)sc3ccccc34)c2)cc1. The van der Waals surface area contributed by atoms with Gasteiger partial charge >= 0.3 is 0 Å². The molecule has 0 atom stereocenters. The number of fused-ring (bicyclic) bond motifs is 6. The monoisotopic (exact) mass is 831 g/mol. The molecule has 12 aromatic rings. The molecule has 300 valence electrons. The first-order valence-electron chi connectivity index (χ1n) is 21.9. The van der Waals surface area contributed by atoms with Crippen LogP contribution in [0.4, 0.5) is 17.1 Å². The van der Waals surface area contributed by atoms with Gasteiger partial charge in [0.15, 0.2) is 0 Å². The molecule has 0 spiro atoms. The van der Waals surface area contributed by atoms with Crippen molar-refractivity contribution in [2.45, 2.75) is 0 Å². The average molecular weight is 832 g/mol. The summed E-state index contributed by atoms with van der Waals surface area (Å²) in [7, 11) is 0. The van der Waals surface area contributed by atoms with Gasteiger partial charge in [0.05, 0.1) is 0 Å². The fraction of sp³-hybridized carbons (Fsp3) is 0. The van der Waals surface area contributed by atoms with Crippen LogP contribution >= 0.6 is 11.3 Å². The molecule has 1 nitrogen and oxygen atoms in total. The first kappa shape index (κ1) is 37.7. The van der Waals surface area contributed by atoms with Crippen molar-refractivity contribution in [1.29, 1.82) is 0 Å². The molecule has 0 unspecified atom stereocenters. The molecule has 1 aromatic heterocycles. The molecule has 0 N–H and O–H groups in total. The summed E-state index contributed by atoms with van der Waals surface area (Å²) >= 11 is 1.86. The highest BCUT2D eigenvalue weighted by Crippen LogP contribution is 2.47. The smallest absolute Gasteiger partial charge is 0.0476 e. The van der Waals surface area contributed by atoms with Crippen LogP contribution in [0.2, 0.25) is 0 Å². The maximum Gasteiger partial charge on any atom is 0.0476 e. The largest absolute Gasteiger partial charge is 0.310 e. The Balaban J connectivity index is 1.04. The normalized spacial score (nSPS) is 11.4. The van der Waals surface area contributed by atoms with Crippen molar-refractivity contribution >= 4 is 70.1 Å². The molecular formula is C62H41NS. The van der Waals surface area contributed by atoms with Crippen LogP contribution in [-0.4, -0.2) is 0 Å². The van der Waals surface area contributed by atoms with Gasteiger partial charge in [-0.3, -0.25) is 0 Å². The second-order valence-electron chi connectivity index (χ2n) is 16.4. The predicted molar refractivity (Wildman–Crippen MR) is 276 cm³/mol. The summed E-state index contributed by atoms with van der Waals surface area (Å²) in [4.78, 5) is 2.43. The Labute approximate surface area is 377 Å². The van der Waals surface area contributed by atoms with E-state index in [4.69, 9.17) is 0 Å². The lowest BCUT2D eigenvalue weighted by Gasteiger charge is -2.27. The highest BCUT2D eigenvalue weighted by Gasteiger charge is 2.20. The molecule has 2 heteroatoms. The van der Waals surface area contributed by atoms with Crippen molar-refractivity contribution < 1.29 is 0 Å². The van der Waals surface area contributed by atoms with Crippen molar-refractivity contribution in [2.24, 2.45) is 0 Å². The molecule has 0 radical (unpaired) electrons. The summed E-state index contributed by atoms with van der Waals surface area (Å²) < 4.78 is 2.58. The average Bonchev–Trinajstić information content (AvgIpc) is 3.75. The number of hydrogen-bond donors (Lipinski definition) is 0. The van der Waals surface area contributed by atoms with Crippen LogP contribution in [0, 0.1) is 0 Å². The van der Waals surface area contributed by atoms with Crippen LogP contribution in [0.5, 0.6) is 0 Å². The highest BCUT2D eigenvalue weighted by molar-refractivity contribution is 7.25. The molecule has 0 aliphatic rings. The quantitative estimate of drug-likeness (QED) is 0.138. The lowest BCUT2D eigenvalue weighted by atomic mass is 9.84. The van der Waals surface area contributed by atoms with Gasteiger partial charge in [0.25, 0.3) is 0 Å². The van der Waals surface area contributed by atoms with Crippen LogP contribution in [0.25, 0.3) is 97.4 Å².